The van der Waals surface area contributed by atoms with Gasteiger partial charge >= 0.3 is 0 Å². The Morgan fingerprint density at radius 2 is 2.00 bits per heavy atom. The summed E-state index contributed by atoms with van der Waals surface area (Å²) in [4.78, 5) is 26.9. The van der Waals surface area contributed by atoms with Crippen molar-refractivity contribution in [1.82, 2.24) is 20.4 Å². The number of nitrogens with zero attached hydrogens (tertiary/aromatic N) is 2. The number of hydrogen-bond donors (Lipinski definition) is 2. The Kier molecular flexibility index (Phi) is 5.24. The zero-order valence-corrected chi connectivity index (χ0v) is 15.5. The van der Waals surface area contributed by atoms with Crippen LogP contribution in [0.15, 0.2) is 60.7 Å². The summed E-state index contributed by atoms with van der Waals surface area (Å²) < 4.78 is 19.3. The first kappa shape index (κ1) is 18.7. The fraction of sp³-hybridized carbons (Fsp3) is 0.190. The van der Waals surface area contributed by atoms with Gasteiger partial charge in [-0.15, -0.1) is 0 Å². The lowest BCUT2D eigenvalue weighted by Crippen LogP contribution is -2.52. The van der Waals surface area contributed by atoms with E-state index in [0.29, 0.717) is 30.1 Å². The standard InChI is InChI=1S/C21H19FN4O3/c22-15-6-4-5-14(11-15)19-20(27)23-9-10-26(19)21(28)18-12-16(24-25-18)13-29-17-7-2-1-3-8-17/h1-8,11-12,19H,9-10,13H2,(H,23,27)(H,24,25). The first-order valence-corrected chi connectivity index (χ1v) is 9.18. The van der Waals surface area contributed by atoms with E-state index in [1.807, 2.05) is 30.3 Å². The molecule has 4 rings (SSSR count). The van der Waals surface area contributed by atoms with E-state index in [1.165, 1.54) is 23.1 Å². The van der Waals surface area contributed by atoms with Crippen molar-refractivity contribution in [1.29, 1.82) is 0 Å². The second kappa shape index (κ2) is 8.14. The van der Waals surface area contributed by atoms with E-state index in [4.69, 9.17) is 4.74 Å². The molecule has 1 saturated heterocycles. The third-order valence-corrected chi connectivity index (χ3v) is 4.62. The summed E-state index contributed by atoms with van der Waals surface area (Å²) in [5.41, 5.74) is 1.22. The maximum Gasteiger partial charge on any atom is 0.275 e. The molecule has 2 N–H and O–H groups in total. The monoisotopic (exact) mass is 394 g/mol. The van der Waals surface area contributed by atoms with E-state index in [0.717, 1.165) is 0 Å². The average molecular weight is 394 g/mol. The molecule has 0 spiro atoms. The van der Waals surface area contributed by atoms with Crippen molar-refractivity contribution in [3.8, 4) is 5.75 Å². The molecule has 29 heavy (non-hydrogen) atoms. The number of rotatable bonds is 5. The predicted molar refractivity (Wildman–Crippen MR) is 103 cm³/mol. The van der Waals surface area contributed by atoms with Crippen LogP contribution in [0.3, 0.4) is 0 Å². The number of aromatic nitrogens is 2. The molecular weight excluding hydrogens is 375 g/mol. The highest BCUT2D eigenvalue weighted by Crippen LogP contribution is 2.25. The maximum absolute atomic E-state index is 13.7. The number of amides is 2. The van der Waals surface area contributed by atoms with Crippen LogP contribution in [0.4, 0.5) is 4.39 Å². The highest BCUT2D eigenvalue weighted by molar-refractivity contribution is 5.97. The second-order valence-electron chi connectivity index (χ2n) is 6.63. The van der Waals surface area contributed by atoms with Gasteiger partial charge in [-0.05, 0) is 35.9 Å². The van der Waals surface area contributed by atoms with Crippen LogP contribution in [-0.4, -0.2) is 40.0 Å². The van der Waals surface area contributed by atoms with Crippen molar-refractivity contribution in [3.63, 3.8) is 0 Å². The summed E-state index contributed by atoms with van der Waals surface area (Å²) in [6.45, 7) is 0.845. The van der Waals surface area contributed by atoms with Crippen LogP contribution in [-0.2, 0) is 11.4 Å². The van der Waals surface area contributed by atoms with Crippen LogP contribution in [0, 0.1) is 5.82 Å². The lowest BCUT2D eigenvalue weighted by Gasteiger charge is -2.34. The first-order valence-electron chi connectivity index (χ1n) is 9.18. The van der Waals surface area contributed by atoms with Gasteiger partial charge in [-0.2, -0.15) is 5.10 Å². The Bertz CT molecular complexity index is 1020. The van der Waals surface area contributed by atoms with Gasteiger partial charge in [0.25, 0.3) is 5.91 Å². The molecule has 2 heterocycles. The number of piperazine rings is 1. The smallest absolute Gasteiger partial charge is 0.275 e. The fourth-order valence-corrected chi connectivity index (χ4v) is 3.26. The van der Waals surface area contributed by atoms with Crippen LogP contribution in [0.5, 0.6) is 5.75 Å². The molecule has 2 aromatic carbocycles. The molecule has 1 aliphatic rings. The van der Waals surface area contributed by atoms with Gasteiger partial charge < -0.3 is 15.0 Å². The van der Waals surface area contributed by atoms with E-state index >= 15 is 0 Å². The number of benzene rings is 2. The molecule has 1 atom stereocenters. The molecule has 0 radical (unpaired) electrons. The molecule has 7 nitrogen and oxygen atoms in total. The van der Waals surface area contributed by atoms with Gasteiger partial charge in [0, 0.05) is 13.1 Å². The number of hydrogen-bond acceptors (Lipinski definition) is 4. The Morgan fingerprint density at radius 3 is 2.79 bits per heavy atom. The number of para-hydroxylation sites is 1. The number of aromatic amines is 1. The topological polar surface area (TPSA) is 87.3 Å². The quantitative estimate of drug-likeness (QED) is 0.696. The third kappa shape index (κ3) is 4.11. The summed E-state index contributed by atoms with van der Waals surface area (Å²) in [6, 6.07) is 15.7. The van der Waals surface area contributed by atoms with Gasteiger partial charge in [0.05, 0.1) is 5.69 Å². The van der Waals surface area contributed by atoms with Crippen LogP contribution in [0.1, 0.15) is 27.8 Å². The van der Waals surface area contributed by atoms with Gasteiger partial charge in [0.2, 0.25) is 5.91 Å². The normalized spacial score (nSPS) is 16.4. The van der Waals surface area contributed by atoms with Crippen LogP contribution >= 0.6 is 0 Å². The number of ether oxygens (including phenoxy) is 1. The summed E-state index contributed by atoms with van der Waals surface area (Å²) in [7, 11) is 0. The molecule has 3 aromatic rings. The van der Waals surface area contributed by atoms with E-state index in [-0.39, 0.29) is 18.2 Å². The molecule has 0 bridgehead atoms. The first-order chi connectivity index (χ1) is 14.1. The van der Waals surface area contributed by atoms with E-state index in [1.54, 1.807) is 12.1 Å². The molecule has 0 saturated carbocycles. The molecule has 1 aromatic heterocycles. The number of carbonyl (C=O) groups excluding carboxylic acids is 2. The zero-order chi connectivity index (χ0) is 20.2. The number of halogens is 1. The lowest BCUT2D eigenvalue weighted by molar-refractivity contribution is -0.128. The summed E-state index contributed by atoms with van der Waals surface area (Å²) >= 11 is 0. The second-order valence-corrected chi connectivity index (χ2v) is 6.63. The van der Waals surface area contributed by atoms with Crippen molar-refractivity contribution in [2.24, 2.45) is 0 Å². The fourth-order valence-electron chi connectivity index (χ4n) is 3.26. The maximum atomic E-state index is 13.7. The number of carbonyl (C=O) groups is 2. The van der Waals surface area contributed by atoms with E-state index in [2.05, 4.69) is 15.5 Å². The largest absolute Gasteiger partial charge is 0.487 e. The third-order valence-electron chi connectivity index (χ3n) is 4.62. The average Bonchev–Trinajstić information content (AvgIpc) is 3.21. The Balaban J connectivity index is 1.51. The number of nitrogens with one attached hydrogen (secondary N) is 2. The SMILES string of the molecule is O=C1NCCN(C(=O)c2cc(COc3ccccc3)[nH]n2)C1c1cccc(F)c1. The summed E-state index contributed by atoms with van der Waals surface area (Å²) in [6.07, 6.45) is 0. The molecule has 1 aliphatic heterocycles. The predicted octanol–water partition coefficient (Wildman–Crippen LogP) is 2.44. The highest BCUT2D eigenvalue weighted by Gasteiger charge is 2.35. The minimum absolute atomic E-state index is 0.174. The summed E-state index contributed by atoms with van der Waals surface area (Å²) in [5, 5.41) is 9.59. The minimum atomic E-state index is -0.910. The Morgan fingerprint density at radius 1 is 1.17 bits per heavy atom. The molecule has 148 valence electrons. The molecule has 1 unspecified atom stereocenters. The van der Waals surface area contributed by atoms with Crippen LogP contribution in [0.2, 0.25) is 0 Å². The molecule has 8 heteroatoms. The van der Waals surface area contributed by atoms with Gasteiger partial charge in [-0.1, -0.05) is 30.3 Å². The van der Waals surface area contributed by atoms with Crippen molar-refractivity contribution in [2.75, 3.05) is 13.1 Å². The van der Waals surface area contributed by atoms with E-state index < -0.39 is 17.8 Å². The minimum Gasteiger partial charge on any atom is -0.487 e. The van der Waals surface area contributed by atoms with Gasteiger partial charge in [-0.3, -0.25) is 14.7 Å². The summed E-state index contributed by atoms with van der Waals surface area (Å²) in [5.74, 6) is -0.517. The zero-order valence-electron chi connectivity index (χ0n) is 15.5. The molecule has 0 aliphatic carbocycles. The van der Waals surface area contributed by atoms with Gasteiger partial charge in [0.15, 0.2) is 5.69 Å². The van der Waals surface area contributed by atoms with Crippen molar-refractivity contribution < 1.29 is 18.7 Å². The molecule has 1 fully saturated rings. The molecular formula is C21H19FN4O3. The van der Waals surface area contributed by atoms with Crippen LogP contribution in [0.25, 0.3) is 0 Å². The van der Waals surface area contributed by atoms with Crippen molar-refractivity contribution in [2.45, 2.75) is 12.6 Å². The Hall–Kier alpha value is -3.68. The highest BCUT2D eigenvalue weighted by atomic mass is 19.1. The van der Waals surface area contributed by atoms with Crippen molar-refractivity contribution in [3.05, 3.63) is 83.4 Å². The van der Waals surface area contributed by atoms with Crippen molar-refractivity contribution >= 4 is 11.8 Å². The molecule has 2 amide bonds. The lowest BCUT2D eigenvalue weighted by atomic mass is 10.0. The van der Waals surface area contributed by atoms with Gasteiger partial charge in [0.1, 0.15) is 24.2 Å². The number of H-pyrrole nitrogens is 1. The van der Waals surface area contributed by atoms with Crippen LogP contribution < -0.4 is 10.1 Å². The Labute approximate surface area is 166 Å². The van der Waals surface area contributed by atoms with E-state index in [9.17, 15) is 14.0 Å². The van der Waals surface area contributed by atoms with Gasteiger partial charge in [-0.25, -0.2) is 4.39 Å².